The first kappa shape index (κ1) is 12.4. The van der Waals surface area contributed by atoms with Crippen molar-refractivity contribution in [3.8, 4) is 0 Å². The smallest absolute Gasteiger partial charge is 0.0656 e. The van der Waals surface area contributed by atoms with Gasteiger partial charge in [-0.3, -0.25) is 0 Å². The molecule has 0 saturated carbocycles. The summed E-state index contributed by atoms with van der Waals surface area (Å²) in [5, 5.41) is 2.23. The molecule has 2 rings (SSSR count). The molecule has 0 aliphatic rings. The van der Waals surface area contributed by atoms with E-state index in [4.69, 9.17) is 11.6 Å². The van der Waals surface area contributed by atoms with E-state index in [1.54, 1.807) is 11.3 Å². The van der Waals surface area contributed by atoms with Gasteiger partial charge in [0, 0.05) is 0 Å². The average Bonchev–Trinajstić information content (AvgIpc) is 2.68. The molecule has 1 heterocycles. The van der Waals surface area contributed by atoms with Crippen molar-refractivity contribution in [2.24, 2.45) is 0 Å². The van der Waals surface area contributed by atoms with E-state index in [2.05, 4.69) is 65.2 Å². The molecule has 1 unspecified atom stereocenters. The normalized spacial score (nSPS) is 12.7. The SMILES string of the molecule is Cc1ccccc1CC(Cl)c1csc(I)c1. The Labute approximate surface area is 119 Å². The monoisotopic (exact) mass is 362 g/mol. The Hall–Kier alpha value is -0.0600. The molecule has 0 fully saturated rings. The predicted molar refractivity (Wildman–Crippen MR) is 80.5 cm³/mol. The summed E-state index contributed by atoms with van der Waals surface area (Å²) in [6, 6.07) is 10.6. The van der Waals surface area contributed by atoms with Crippen molar-refractivity contribution in [2.75, 3.05) is 0 Å². The lowest BCUT2D eigenvalue weighted by Crippen LogP contribution is -1.96. The van der Waals surface area contributed by atoms with Crippen molar-refractivity contribution in [3.05, 3.63) is 55.3 Å². The number of rotatable bonds is 3. The number of halogens is 2. The Balaban J connectivity index is 2.13. The third kappa shape index (κ3) is 2.99. The van der Waals surface area contributed by atoms with Crippen LogP contribution in [0.1, 0.15) is 22.1 Å². The summed E-state index contributed by atoms with van der Waals surface area (Å²) in [7, 11) is 0. The van der Waals surface area contributed by atoms with Crippen LogP contribution in [0.15, 0.2) is 35.7 Å². The fraction of sp³-hybridized carbons (Fsp3) is 0.231. The Morgan fingerprint density at radius 2 is 2.12 bits per heavy atom. The standard InChI is InChI=1S/C13H12ClIS/c1-9-4-2-3-5-10(9)6-12(14)11-7-13(15)16-8-11/h2-5,7-8,12H,6H2,1H3. The van der Waals surface area contributed by atoms with Crippen LogP contribution < -0.4 is 0 Å². The van der Waals surface area contributed by atoms with Crippen molar-refractivity contribution < 1.29 is 0 Å². The summed E-state index contributed by atoms with van der Waals surface area (Å²) in [6.45, 7) is 2.14. The van der Waals surface area contributed by atoms with Crippen LogP contribution >= 0.6 is 45.5 Å². The second-order valence-corrected chi connectivity index (χ2v) is 7.11. The Bertz CT molecular complexity index is 478. The molecule has 0 saturated heterocycles. The summed E-state index contributed by atoms with van der Waals surface area (Å²) in [4.78, 5) is 0. The summed E-state index contributed by atoms with van der Waals surface area (Å²) in [6.07, 6.45) is 0.904. The summed E-state index contributed by atoms with van der Waals surface area (Å²) in [5.41, 5.74) is 3.89. The van der Waals surface area contributed by atoms with E-state index in [0.29, 0.717) is 0 Å². The van der Waals surface area contributed by atoms with Crippen LogP contribution in [0, 0.1) is 9.81 Å². The van der Waals surface area contributed by atoms with Gasteiger partial charge in [0.15, 0.2) is 0 Å². The lowest BCUT2D eigenvalue weighted by molar-refractivity contribution is 0.915. The molecule has 0 bridgehead atoms. The quantitative estimate of drug-likeness (QED) is 0.521. The zero-order chi connectivity index (χ0) is 11.5. The topological polar surface area (TPSA) is 0 Å². The predicted octanol–water partition coefficient (Wildman–Crippen LogP) is 5.18. The molecule has 0 spiro atoms. The Kier molecular flexibility index (Phi) is 4.27. The molecule has 1 atom stereocenters. The van der Waals surface area contributed by atoms with E-state index >= 15 is 0 Å². The molecule has 0 aliphatic heterocycles. The number of hydrogen-bond donors (Lipinski definition) is 0. The summed E-state index contributed by atoms with van der Waals surface area (Å²) in [5.74, 6) is 0. The van der Waals surface area contributed by atoms with Gasteiger partial charge in [-0.1, -0.05) is 24.3 Å². The average molecular weight is 363 g/mol. The van der Waals surface area contributed by atoms with Gasteiger partial charge in [-0.25, -0.2) is 0 Å². The highest BCUT2D eigenvalue weighted by molar-refractivity contribution is 14.1. The maximum absolute atomic E-state index is 6.43. The molecular weight excluding hydrogens is 351 g/mol. The number of alkyl halides is 1. The van der Waals surface area contributed by atoms with Gasteiger partial charge < -0.3 is 0 Å². The van der Waals surface area contributed by atoms with Crippen molar-refractivity contribution >= 4 is 45.5 Å². The molecule has 0 amide bonds. The maximum Gasteiger partial charge on any atom is 0.0656 e. The molecular formula is C13H12ClIS. The van der Waals surface area contributed by atoms with Crippen LogP contribution in [-0.2, 0) is 6.42 Å². The maximum atomic E-state index is 6.43. The molecule has 16 heavy (non-hydrogen) atoms. The third-order valence-corrected chi connectivity index (χ3v) is 4.82. The van der Waals surface area contributed by atoms with Gasteiger partial charge in [-0.05, 0) is 64.1 Å². The number of thiophene rings is 1. The van der Waals surface area contributed by atoms with Crippen LogP contribution in [0.4, 0.5) is 0 Å². The first-order chi connectivity index (χ1) is 7.66. The van der Waals surface area contributed by atoms with E-state index < -0.39 is 0 Å². The minimum atomic E-state index is 0.0841. The van der Waals surface area contributed by atoms with Crippen molar-refractivity contribution in [1.82, 2.24) is 0 Å². The summed E-state index contributed by atoms with van der Waals surface area (Å²) >= 11 is 10.5. The van der Waals surface area contributed by atoms with Crippen molar-refractivity contribution in [1.29, 1.82) is 0 Å². The number of hydrogen-bond acceptors (Lipinski definition) is 1. The van der Waals surface area contributed by atoms with Gasteiger partial charge in [0.25, 0.3) is 0 Å². The van der Waals surface area contributed by atoms with E-state index in [1.165, 1.54) is 19.6 Å². The van der Waals surface area contributed by atoms with Gasteiger partial charge in [-0.2, -0.15) is 0 Å². The van der Waals surface area contributed by atoms with Crippen LogP contribution in [0.25, 0.3) is 0 Å². The molecule has 0 nitrogen and oxygen atoms in total. The zero-order valence-corrected chi connectivity index (χ0v) is 12.6. The fourth-order valence-corrected chi connectivity index (χ4v) is 3.43. The Morgan fingerprint density at radius 3 is 2.75 bits per heavy atom. The van der Waals surface area contributed by atoms with Gasteiger partial charge in [0.2, 0.25) is 0 Å². The van der Waals surface area contributed by atoms with Gasteiger partial charge >= 0.3 is 0 Å². The molecule has 0 N–H and O–H groups in total. The van der Waals surface area contributed by atoms with E-state index in [0.717, 1.165) is 6.42 Å². The molecule has 1 aromatic carbocycles. The zero-order valence-electron chi connectivity index (χ0n) is 8.91. The number of aryl methyl sites for hydroxylation is 1. The van der Waals surface area contributed by atoms with Crippen molar-refractivity contribution in [3.63, 3.8) is 0 Å². The van der Waals surface area contributed by atoms with Crippen LogP contribution in [0.2, 0.25) is 0 Å². The fourth-order valence-electron chi connectivity index (χ4n) is 1.64. The first-order valence-corrected chi connectivity index (χ1v) is 7.49. The molecule has 3 heteroatoms. The van der Waals surface area contributed by atoms with Gasteiger partial charge in [0.1, 0.15) is 0 Å². The lowest BCUT2D eigenvalue weighted by atomic mass is 10.0. The highest BCUT2D eigenvalue weighted by atomic mass is 127. The van der Waals surface area contributed by atoms with E-state index in [-0.39, 0.29) is 5.38 Å². The van der Waals surface area contributed by atoms with Crippen LogP contribution in [0.3, 0.4) is 0 Å². The molecule has 84 valence electrons. The molecule has 0 radical (unpaired) electrons. The third-order valence-electron chi connectivity index (χ3n) is 2.61. The largest absolute Gasteiger partial charge is 0.137 e. The van der Waals surface area contributed by atoms with Gasteiger partial charge in [-0.15, -0.1) is 22.9 Å². The molecule has 2 aromatic rings. The minimum absolute atomic E-state index is 0.0841. The highest BCUT2D eigenvalue weighted by Crippen LogP contribution is 2.30. The Morgan fingerprint density at radius 1 is 1.38 bits per heavy atom. The first-order valence-electron chi connectivity index (χ1n) is 5.09. The van der Waals surface area contributed by atoms with E-state index in [1.807, 2.05) is 0 Å². The molecule has 0 aliphatic carbocycles. The van der Waals surface area contributed by atoms with E-state index in [9.17, 15) is 0 Å². The summed E-state index contributed by atoms with van der Waals surface area (Å²) < 4.78 is 1.29. The second kappa shape index (κ2) is 5.52. The van der Waals surface area contributed by atoms with Gasteiger partial charge in [0.05, 0.1) is 8.26 Å². The molecule has 1 aromatic heterocycles. The lowest BCUT2D eigenvalue weighted by Gasteiger charge is -2.09. The van der Waals surface area contributed by atoms with Crippen LogP contribution in [0.5, 0.6) is 0 Å². The second-order valence-electron chi connectivity index (χ2n) is 3.78. The number of benzene rings is 1. The highest BCUT2D eigenvalue weighted by Gasteiger charge is 2.11. The van der Waals surface area contributed by atoms with Crippen LogP contribution in [-0.4, -0.2) is 0 Å². The van der Waals surface area contributed by atoms with Crippen molar-refractivity contribution in [2.45, 2.75) is 18.7 Å². The minimum Gasteiger partial charge on any atom is -0.137 e.